The monoisotopic (exact) mass is 305 g/mol. The van der Waals surface area contributed by atoms with Gasteiger partial charge in [0.15, 0.2) is 0 Å². The predicted octanol–water partition coefficient (Wildman–Crippen LogP) is 2.93. The van der Waals surface area contributed by atoms with E-state index in [9.17, 15) is 13.2 Å². The van der Waals surface area contributed by atoms with Crippen molar-refractivity contribution in [2.45, 2.75) is 34.1 Å². The Morgan fingerprint density at radius 1 is 1.42 bits per heavy atom. The van der Waals surface area contributed by atoms with Gasteiger partial charge < -0.3 is 5.11 Å². The smallest absolute Gasteiger partial charge is 0.348 e. The van der Waals surface area contributed by atoms with Crippen molar-refractivity contribution in [3.8, 4) is 0 Å². The number of thiophene rings is 1. The first kappa shape index (κ1) is 16.0. The number of rotatable bonds is 5. The van der Waals surface area contributed by atoms with Crippen molar-refractivity contribution in [2.24, 2.45) is 5.41 Å². The molecule has 1 aromatic heterocycles. The molecule has 0 fully saturated rings. The molecule has 19 heavy (non-hydrogen) atoms. The van der Waals surface area contributed by atoms with Crippen LogP contribution in [0.25, 0.3) is 0 Å². The average Bonchev–Trinajstić information content (AvgIpc) is 2.57. The van der Waals surface area contributed by atoms with Crippen LogP contribution in [0, 0.1) is 12.3 Å². The average molecular weight is 305 g/mol. The maximum Gasteiger partial charge on any atom is 0.348 e. The second-order valence-corrected chi connectivity index (χ2v) is 8.38. The molecule has 0 amide bonds. The lowest BCUT2D eigenvalue weighted by molar-refractivity contribution is 0.0703. The number of carbonyl (C=O) groups is 1. The standard InChI is InChI=1S/C12H19NO4S2/c1-8-7-18-10(11(14)15)9(8)13-19(16,17)6-5-12(2,3)4/h7,13H,5-6H2,1-4H3,(H,14,15). The molecule has 0 saturated carbocycles. The Kier molecular flexibility index (Phi) is 4.63. The molecule has 0 aliphatic heterocycles. The highest BCUT2D eigenvalue weighted by molar-refractivity contribution is 7.92. The van der Waals surface area contributed by atoms with Crippen LogP contribution < -0.4 is 4.72 Å². The molecule has 2 N–H and O–H groups in total. The number of anilines is 1. The third-order valence-electron chi connectivity index (χ3n) is 2.55. The van der Waals surface area contributed by atoms with Crippen molar-refractivity contribution < 1.29 is 18.3 Å². The molecule has 0 aliphatic rings. The minimum Gasteiger partial charge on any atom is -0.477 e. The van der Waals surface area contributed by atoms with E-state index in [4.69, 9.17) is 5.11 Å². The number of hydrogen-bond acceptors (Lipinski definition) is 4. The van der Waals surface area contributed by atoms with E-state index in [0.29, 0.717) is 12.0 Å². The van der Waals surface area contributed by atoms with Gasteiger partial charge in [-0.05, 0) is 29.7 Å². The number of hydrogen-bond donors (Lipinski definition) is 2. The van der Waals surface area contributed by atoms with Crippen LogP contribution in [-0.2, 0) is 10.0 Å². The molecule has 5 nitrogen and oxygen atoms in total. The second kappa shape index (κ2) is 5.50. The Bertz CT molecular complexity index is 567. The van der Waals surface area contributed by atoms with Gasteiger partial charge in [-0.15, -0.1) is 11.3 Å². The van der Waals surface area contributed by atoms with E-state index in [1.165, 1.54) is 0 Å². The molecular formula is C12H19NO4S2. The van der Waals surface area contributed by atoms with E-state index in [1.807, 2.05) is 20.8 Å². The maximum absolute atomic E-state index is 12.0. The van der Waals surface area contributed by atoms with Gasteiger partial charge in [0.2, 0.25) is 10.0 Å². The van der Waals surface area contributed by atoms with Crippen molar-refractivity contribution in [3.63, 3.8) is 0 Å². The third-order valence-corrected chi connectivity index (χ3v) is 4.89. The summed E-state index contributed by atoms with van der Waals surface area (Å²) < 4.78 is 26.3. The highest BCUT2D eigenvalue weighted by Gasteiger charge is 2.22. The molecule has 1 aromatic rings. The highest BCUT2D eigenvalue weighted by atomic mass is 32.2. The van der Waals surface area contributed by atoms with Gasteiger partial charge in [-0.25, -0.2) is 13.2 Å². The van der Waals surface area contributed by atoms with E-state index in [2.05, 4.69) is 4.72 Å². The minimum absolute atomic E-state index is 0.0230. The lowest BCUT2D eigenvalue weighted by atomic mass is 9.94. The summed E-state index contributed by atoms with van der Waals surface area (Å²) in [6.45, 7) is 7.56. The topological polar surface area (TPSA) is 83.5 Å². The SMILES string of the molecule is Cc1csc(C(=O)O)c1NS(=O)(=O)CCC(C)(C)C. The molecule has 0 atom stereocenters. The van der Waals surface area contributed by atoms with Gasteiger partial charge in [0.25, 0.3) is 0 Å². The number of carboxylic acid groups (broad SMARTS) is 1. The van der Waals surface area contributed by atoms with Gasteiger partial charge in [0, 0.05) is 0 Å². The molecule has 0 radical (unpaired) electrons. The molecular weight excluding hydrogens is 286 g/mol. The molecule has 0 aromatic carbocycles. The molecule has 0 unspecified atom stereocenters. The van der Waals surface area contributed by atoms with Crippen LogP contribution in [-0.4, -0.2) is 25.2 Å². The van der Waals surface area contributed by atoms with E-state index < -0.39 is 16.0 Å². The van der Waals surface area contributed by atoms with Crippen LogP contribution in [0.15, 0.2) is 5.38 Å². The van der Waals surface area contributed by atoms with Crippen molar-refractivity contribution >= 4 is 33.0 Å². The minimum atomic E-state index is -3.52. The van der Waals surface area contributed by atoms with Crippen LogP contribution in [0.4, 0.5) is 5.69 Å². The van der Waals surface area contributed by atoms with Crippen molar-refractivity contribution in [1.29, 1.82) is 0 Å². The van der Waals surface area contributed by atoms with Crippen LogP contribution in [0.3, 0.4) is 0 Å². The molecule has 0 spiro atoms. The molecule has 0 aliphatic carbocycles. The summed E-state index contributed by atoms with van der Waals surface area (Å²) in [6.07, 6.45) is 0.508. The van der Waals surface area contributed by atoms with E-state index >= 15 is 0 Å². The predicted molar refractivity (Wildman–Crippen MR) is 77.5 cm³/mol. The Morgan fingerprint density at radius 2 is 2.00 bits per heavy atom. The second-order valence-electron chi connectivity index (χ2n) is 5.66. The van der Waals surface area contributed by atoms with E-state index in [-0.39, 0.29) is 21.7 Å². The molecule has 0 saturated heterocycles. The van der Waals surface area contributed by atoms with Crippen LogP contribution in [0.1, 0.15) is 42.4 Å². The number of carboxylic acids is 1. The molecule has 108 valence electrons. The van der Waals surface area contributed by atoms with E-state index in [1.54, 1.807) is 12.3 Å². The number of sulfonamides is 1. The number of aryl methyl sites for hydroxylation is 1. The van der Waals surface area contributed by atoms with Crippen molar-refractivity contribution in [3.05, 3.63) is 15.8 Å². The Labute approximate surface area is 117 Å². The van der Waals surface area contributed by atoms with Crippen molar-refractivity contribution in [2.75, 3.05) is 10.5 Å². The van der Waals surface area contributed by atoms with E-state index in [0.717, 1.165) is 11.3 Å². The normalized spacial score (nSPS) is 12.4. The number of aromatic carboxylic acids is 1. The van der Waals surface area contributed by atoms with Crippen LogP contribution in [0.2, 0.25) is 0 Å². The fourth-order valence-corrected chi connectivity index (χ4v) is 3.84. The largest absolute Gasteiger partial charge is 0.477 e. The molecule has 7 heteroatoms. The lowest BCUT2D eigenvalue weighted by Gasteiger charge is -2.18. The quantitative estimate of drug-likeness (QED) is 0.876. The van der Waals surface area contributed by atoms with Crippen LogP contribution in [0.5, 0.6) is 0 Å². The summed E-state index contributed by atoms with van der Waals surface area (Å²) >= 11 is 1.02. The highest BCUT2D eigenvalue weighted by Crippen LogP contribution is 2.29. The Balaban J connectivity index is 2.90. The summed E-state index contributed by atoms with van der Waals surface area (Å²) in [5, 5.41) is 10.6. The summed E-state index contributed by atoms with van der Waals surface area (Å²) in [6, 6.07) is 0. The molecule has 1 heterocycles. The summed E-state index contributed by atoms with van der Waals surface area (Å²) in [7, 11) is -3.52. The Morgan fingerprint density at radius 3 is 2.47 bits per heavy atom. The summed E-state index contributed by atoms with van der Waals surface area (Å²) in [5.41, 5.74) is 0.724. The number of nitrogens with one attached hydrogen (secondary N) is 1. The Hall–Kier alpha value is -1.08. The maximum atomic E-state index is 12.0. The van der Waals surface area contributed by atoms with Gasteiger partial charge >= 0.3 is 5.97 Å². The third kappa shape index (κ3) is 4.83. The summed E-state index contributed by atoms with van der Waals surface area (Å²) in [5.74, 6) is -1.14. The summed E-state index contributed by atoms with van der Waals surface area (Å²) in [4.78, 5) is 11.0. The van der Waals surface area contributed by atoms with Gasteiger partial charge in [-0.3, -0.25) is 4.72 Å². The van der Waals surface area contributed by atoms with Crippen molar-refractivity contribution in [1.82, 2.24) is 0 Å². The van der Waals surface area contributed by atoms with Gasteiger partial charge in [0.05, 0.1) is 11.4 Å². The zero-order valence-corrected chi connectivity index (χ0v) is 13.1. The van der Waals surface area contributed by atoms with Gasteiger partial charge in [0.1, 0.15) is 4.88 Å². The first-order valence-electron chi connectivity index (χ1n) is 5.84. The first-order valence-corrected chi connectivity index (χ1v) is 8.37. The zero-order valence-electron chi connectivity index (χ0n) is 11.5. The zero-order chi connectivity index (χ0) is 14.8. The fraction of sp³-hybridized carbons (Fsp3) is 0.583. The van der Waals surface area contributed by atoms with Gasteiger partial charge in [-0.2, -0.15) is 0 Å². The molecule has 0 bridgehead atoms. The van der Waals surface area contributed by atoms with Gasteiger partial charge in [-0.1, -0.05) is 20.8 Å². The lowest BCUT2D eigenvalue weighted by Crippen LogP contribution is -2.21. The first-order chi connectivity index (χ1) is 8.52. The van der Waals surface area contributed by atoms with Crippen LogP contribution >= 0.6 is 11.3 Å². The molecule has 1 rings (SSSR count). The fourth-order valence-electron chi connectivity index (χ4n) is 1.38.